The number of hydrogen-bond acceptors (Lipinski definition) is 7. The number of rotatable bonds is 3. The van der Waals surface area contributed by atoms with Crippen LogP contribution in [0.1, 0.15) is 22.7 Å². The van der Waals surface area contributed by atoms with E-state index >= 15 is 0 Å². The summed E-state index contributed by atoms with van der Waals surface area (Å²) in [6.45, 7) is 3.52. The number of nitriles is 1. The van der Waals surface area contributed by atoms with Crippen LogP contribution in [-0.4, -0.2) is 11.2 Å². The fourth-order valence-corrected chi connectivity index (χ4v) is 2.09. The molecule has 0 radical (unpaired) electrons. The molecule has 0 spiro atoms. The molecular formula is C16H12N4O3. The first kappa shape index (κ1) is 14.5. The molecule has 0 atom stereocenters. The van der Waals surface area contributed by atoms with Gasteiger partial charge in [-0.3, -0.25) is 4.79 Å². The molecule has 2 heterocycles. The molecule has 23 heavy (non-hydrogen) atoms. The van der Waals surface area contributed by atoms with E-state index in [1.54, 1.807) is 19.1 Å². The lowest BCUT2D eigenvalue weighted by Gasteiger charge is -1.99. The predicted octanol–water partition coefficient (Wildman–Crippen LogP) is 2.72. The molecule has 0 unspecified atom stereocenters. The molecule has 3 aromatic rings. The second-order valence-corrected chi connectivity index (χ2v) is 4.91. The van der Waals surface area contributed by atoms with Crippen LogP contribution < -0.4 is 10.9 Å². The molecule has 0 aliphatic rings. The first-order chi connectivity index (χ1) is 11.1. The van der Waals surface area contributed by atoms with Crippen LogP contribution in [0.2, 0.25) is 0 Å². The van der Waals surface area contributed by atoms with Crippen LogP contribution in [-0.2, 0) is 0 Å². The Morgan fingerprint density at radius 3 is 3.00 bits per heavy atom. The Kier molecular flexibility index (Phi) is 3.65. The van der Waals surface area contributed by atoms with Crippen molar-refractivity contribution < 1.29 is 8.83 Å². The quantitative estimate of drug-likeness (QED) is 0.589. The van der Waals surface area contributed by atoms with Gasteiger partial charge in [0.25, 0.3) is 5.88 Å². The van der Waals surface area contributed by atoms with Gasteiger partial charge in [0.15, 0.2) is 5.89 Å². The second kappa shape index (κ2) is 5.77. The van der Waals surface area contributed by atoms with Gasteiger partial charge >= 0.3 is 0 Å². The van der Waals surface area contributed by atoms with Crippen LogP contribution in [0.15, 0.2) is 43.2 Å². The molecule has 0 saturated carbocycles. The molecule has 0 fully saturated rings. The Morgan fingerprint density at radius 1 is 1.39 bits per heavy atom. The summed E-state index contributed by atoms with van der Waals surface area (Å²) in [5.74, 6) is 0.474. The van der Waals surface area contributed by atoms with E-state index in [0.29, 0.717) is 16.9 Å². The average molecular weight is 308 g/mol. The van der Waals surface area contributed by atoms with E-state index in [2.05, 4.69) is 15.5 Å². The van der Waals surface area contributed by atoms with Crippen LogP contribution in [0.5, 0.6) is 0 Å². The number of fused-ring (bicyclic) bond motifs is 1. The van der Waals surface area contributed by atoms with Crippen LogP contribution >= 0.6 is 0 Å². The van der Waals surface area contributed by atoms with Crippen molar-refractivity contribution >= 4 is 23.1 Å². The van der Waals surface area contributed by atoms with Gasteiger partial charge in [0, 0.05) is 6.92 Å². The van der Waals surface area contributed by atoms with Crippen molar-refractivity contribution in [3.8, 4) is 6.07 Å². The van der Waals surface area contributed by atoms with E-state index in [1.165, 1.54) is 12.5 Å². The first-order valence-corrected chi connectivity index (χ1v) is 6.77. The third-order valence-corrected chi connectivity index (χ3v) is 3.16. The molecule has 1 N–H and O–H groups in total. The van der Waals surface area contributed by atoms with Gasteiger partial charge in [-0.2, -0.15) is 10.4 Å². The van der Waals surface area contributed by atoms with Gasteiger partial charge in [-0.25, -0.2) is 10.4 Å². The molecule has 1 aromatic carbocycles. The maximum atomic E-state index is 12.4. The molecule has 2 aromatic heterocycles. The molecule has 114 valence electrons. The van der Waals surface area contributed by atoms with Crippen molar-refractivity contribution in [2.24, 2.45) is 5.10 Å². The van der Waals surface area contributed by atoms with Crippen LogP contribution in [0.3, 0.4) is 0 Å². The highest BCUT2D eigenvalue weighted by Crippen LogP contribution is 2.16. The second-order valence-electron chi connectivity index (χ2n) is 4.91. The van der Waals surface area contributed by atoms with E-state index in [9.17, 15) is 4.79 Å². The molecule has 3 rings (SSSR count). The summed E-state index contributed by atoms with van der Waals surface area (Å²) >= 11 is 0. The number of nitrogens with zero attached hydrogens (tertiary/aromatic N) is 3. The van der Waals surface area contributed by atoms with E-state index in [-0.39, 0.29) is 22.6 Å². The summed E-state index contributed by atoms with van der Waals surface area (Å²) in [6.07, 6.45) is 2.65. The Balaban J connectivity index is 1.91. The van der Waals surface area contributed by atoms with Crippen LogP contribution in [0.25, 0.3) is 11.0 Å². The summed E-state index contributed by atoms with van der Waals surface area (Å²) in [4.78, 5) is 16.3. The zero-order valence-electron chi connectivity index (χ0n) is 12.5. The summed E-state index contributed by atoms with van der Waals surface area (Å²) in [6, 6.07) is 7.27. The molecule has 0 aliphatic heterocycles. The fourth-order valence-electron chi connectivity index (χ4n) is 2.09. The number of benzene rings is 1. The standard InChI is InChI=1S/C16H12N4O3/c1-9-3-4-14-12(5-9)15(21)11(8-22-14)7-18-20-16-13(6-17)19-10(2)23-16/h3-5,7-8,20H,1-2H3. The predicted molar refractivity (Wildman–Crippen MR) is 84.4 cm³/mol. The van der Waals surface area contributed by atoms with E-state index < -0.39 is 0 Å². The lowest BCUT2D eigenvalue weighted by atomic mass is 10.1. The fraction of sp³-hybridized carbons (Fsp3) is 0.125. The number of hydrogen-bond donors (Lipinski definition) is 1. The first-order valence-electron chi connectivity index (χ1n) is 6.77. The molecule has 0 aliphatic carbocycles. The van der Waals surface area contributed by atoms with Gasteiger partial charge in [0.2, 0.25) is 11.1 Å². The van der Waals surface area contributed by atoms with Gasteiger partial charge in [-0.1, -0.05) is 11.6 Å². The van der Waals surface area contributed by atoms with Gasteiger partial charge in [0.05, 0.1) is 17.2 Å². The summed E-state index contributed by atoms with van der Waals surface area (Å²) < 4.78 is 10.6. The van der Waals surface area contributed by atoms with Crippen molar-refractivity contribution in [1.29, 1.82) is 5.26 Å². The van der Waals surface area contributed by atoms with Gasteiger partial charge in [-0.05, 0) is 19.1 Å². The molecular weight excluding hydrogens is 296 g/mol. The number of hydrazone groups is 1. The van der Waals surface area contributed by atoms with E-state index in [0.717, 1.165) is 5.56 Å². The van der Waals surface area contributed by atoms with E-state index in [4.69, 9.17) is 14.1 Å². The van der Waals surface area contributed by atoms with Gasteiger partial charge < -0.3 is 8.83 Å². The third-order valence-electron chi connectivity index (χ3n) is 3.16. The van der Waals surface area contributed by atoms with Gasteiger partial charge in [-0.15, -0.1) is 0 Å². The van der Waals surface area contributed by atoms with Crippen molar-refractivity contribution in [2.75, 3.05) is 5.43 Å². The Labute approximate surface area is 130 Å². The normalized spacial score (nSPS) is 11.0. The smallest absolute Gasteiger partial charge is 0.252 e. The highest BCUT2D eigenvalue weighted by molar-refractivity contribution is 5.86. The monoisotopic (exact) mass is 308 g/mol. The van der Waals surface area contributed by atoms with Crippen LogP contribution in [0, 0.1) is 25.2 Å². The molecule has 0 amide bonds. The third kappa shape index (κ3) is 2.82. The number of anilines is 1. The maximum Gasteiger partial charge on any atom is 0.252 e. The SMILES string of the molecule is Cc1ccc2occ(C=NNc3oc(C)nc3C#N)c(=O)c2c1. The van der Waals surface area contributed by atoms with Gasteiger partial charge in [0.1, 0.15) is 17.9 Å². The molecule has 7 heteroatoms. The summed E-state index contributed by atoms with van der Waals surface area (Å²) in [7, 11) is 0. The highest BCUT2D eigenvalue weighted by Gasteiger charge is 2.09. The highest BCUT2D eigenvalue weighted by atomic mass is 16.4. The number of nitrogens with one attached hydrogen (secondary N) is 1. The van der Waals surface area contributed by atoms with Crippen LogP contribution in [0.4, 0.5) is 5.88 Å². The Morgan fingerprint density at radius 2 is 2.22 bits per heavy atom. The topological polar surface area (TPSA) is 104 Å². The number of aryl methyl sites for hydroxylation is 2. The molecule has 0 saturated heterocycles. The zero-order valence-corrected chi connectivity index (χ0v) is 12.5. The van der Waals surface area contributed by atoms with Crippen molar-refractivity contribution in [3.05, 3.63) is 57.4 Å². The summed E-state index contributed by atoms with van der Waals surface area (Å²) in [5, 5.41) is 13.3. The number of aromatic nitrogens is 1. The Bertz CT molecular complexity index is 1010. The molecule has 7 nitrogen and oxygen atoms in total. The van der Waals surface area contributed by atoms with Crippen molar-refractivity contribution in [3.63, 3.8) is 0 Å². The maximum absolute atomic E-state index is 12.4. The molecule has 0 bridgehead atoms. The minimum Gasteiger partial charge on any atom is -0.463 e. The largest absolute Gasteiger partial charge is 0.463 e. The number of oxazole rings is 1. The lowest BCUT2D eigenvalue weighted by molar-refractivity contribution is 0.533. The minimum absolute atomic E-state index is 0.0980. The van der Waals surface area contributed by atoms with E-state index in [1.807, 2.05) is 19.1 Å². The minimum atomic E-state index is -0.185. The summed E-state index contributed by atoms with van der Waals surface area (Å²) in [5.41, 5.74) is 4.24. The lowest BCUT2D eigenvalue weighted by Crippen LogP contribution is -2.08. The zero-order chi connectivity index (χ0) is 16.4. The Hall–Kier alpha value is -3.40. The van der Waals surface area contributed by atoms with Crippen molar-refractivity contribution in [2.45, 2.75) is 13.8 Å². The average Bonchev–Trinajstić information content (AvgIpc) is 2.90. The van der Waals surface area contributed by atoms with Crippen molar-refractivity contribution in [1.82, 2.24) is 4.98 Å².